The lowest BCUT2D eigenvalue weighted by atomic mass is 10.1. The van der Waals surface area contributed by atoms with Gasteiger partial charge in [-0.15, -0.1) is 0 Å². The Morgan fingerprint density at radius 1 is 0.944 bits per heavy atom. The number of halogens is 1. The number of aryl methyl sites for hydroxylation is 1. The van der Waals surface area contributed by atoms with Gasteiger partial charge in [0.15, 0.2) is 11.5 Å². The first-order chi connectivity index (χ1) is 17.5. The molecule has 0 saturated heterocycles. The van der Waals surface area contributed by atoms with Gasteiger partial charge in [0.25, 0.3) is 0 Å². The van der Waals surface area contributed by atoms with Gasteiger partial charge in [-0.25, -0.2) is 4.79 Å². The van der Waals surface area contributed by atoms with Crippen LogP contribution in [0.1, 0.15) is 27.9 Å². The van der Waals surface area contributed by atoms with Crippen molar-refractivity contribution in [2.24, 2.45) is 0 Å². The highest BCUT2D eigenvalue weighted by atomic mass is 35.5. The lowest BCUT2D eigenvalue weighted by Gasteiger charge is -2.26. The van der Waals surface area contributed by atoms with Crippen LogP contribution in [0.2, 0.25) is 5.02 Å². The fraction of sp³-hybridized carbons (Fsp3) is 0.172. The topological polar surface area (TPSA) is 71.9 Å². The summed E-state index contributed by atoms with van der Waals surface area (Å²) >= 11 is 5.97. The van der Waals surface area contributed by atoms with Crippen LogP contribution in [0.15, 0.2) is 91.3 Å². The fourth-order valence-electron chi connectivity index (χ4n) is 3.87. The Hall–Kier alpha value is -4.03. The number of carboxylic acids is 1. The molecule has 0 aliphatic rings. The number of rotatable bonds is 11. The lowest BCUT2D eigenvalue weighted by molar-refractivity contribution is 0.0697. The molecule has 1 N–H and O–H groups in total. The summed E-state index contributed by atoms with van der Waals surface area (Å²) in [5.41, 5.74) is 3.99. The average molecular weight is 503 g/mol. The zero-order valence-electron chi connectivity index (χ0n) is 19.9. The summed E-state index contributed by atoms with van der Waals surface area (Å²) in [6, 6.07) is 24.3. The molecule has 0 unspecified atom stereocenters. The standard InChI is InChI=1S/C29H27ClN2O4/c1-35-27-14-13-26(18-28(27)36-16-4-6-21-9-11-24(30)12-10-21)32(20-22-5-3-15-31-19-22)25-8-2-7-23(17-25)29(33)34/h2-3,5,7-15,17-19H,4,6,16,20H2,1H3,(H,33,34). The molecule has 3 aromatic carbocycles. The highest BCUT2D eigenvalue weighted by molar-refractivity contribution is 6.30. The molecule has 0 fully saturated rings. The summed E-state index contributed by atoms with van der Waals surface area (Å²) in [4.78, 5) is 17.9. The Morgan fingerprint density at radius 2 is 1.75 bits per heavy atom. The van der Waals surface area contributed by atoms with Crippen LogP contribution >= 0.6 is 11.6 Å². The Kier molecular flexibility index (Phi) is 8.42. The maximum Gasteiger partial charge on any atom is 0.335 e. The van der Waals surface area contributed by atoms with E-state index in [2.05, 4.69) is 4.98 Å². The van der Waals surface area contributed by atoms with Crippen LogP contribution in [0.3, 0.4) is 0 Å². The van der Waals surface area contributed by atoms with Crippen molar-refractivity contribution in [1.29, 1.82) is 0 Å². The van der Waals surface area contributed by atoms with E-state index in [0.717, 1.165) is 34.8 Å². The molecule has 0 spiro atoms. The molecular formula is C29H27ClN2O4. The molecule has 0 saturated carbocycles. The number of hydrogen-bond acceptors (Lipinski definition) is 5. The van der Waals surface area contributed by atoms with Gasteiger partial charge in [0.1, 0.15) is 0 Å². The van der Waals surface area contributed by atoms with Crippen LogP contribution in [0, 0.1) is 0 Å². The van der Waals surface area contributed by atoms with Crippen molar-refractivity contribution in [3.05, 3.63) is 113 Å². The zero-order chi connectivity index (χ0) is 25.3. The first-order valence-corrected chi connectivity index (χ1v) is 12.0. The molecule has 0 aliphatic carbocycles. The third-order valence-electron chi connectivity index (χ3n) is 5.71. The Balaban J connectivity index is 1.57. The Labute approximate surface area is 215 Å². The molecule has 1 aromatic heterocycles. The number of carbonyl (C=O) groups is 1. The SMILES string of the molecule is COc1ccc(N(Cc2cccnc2)c2cccc(C(=O)O)c2)cc1OCCCc1ccc(Cl)cc1. The monoisotopic (exact) mass is 502 g/mol. The number of nitrogens with zero attached hydrogens (tertiary/aromatic N) is 2. The van der Waals surface area contributed by atoms with Crippen LogP contribution < -0.4 is 14.4 Å². The molecule has 36 heavy (non-hydrogen) atoms. The number of hydrogen-bond donors (Lipinski definition) is 1. The van der Waals surface area contributed by atoms with E-state index in [1.54, 1.807) is 37.7 Å². The number of aromatic carboxylic acids is 1. The van der Waals surface area contributed by atoms with Gasteiger partial charge in [0.05, 0.1) is 19.3 Å². The summed E-state index contributed by atoms with van der Waals surface area (Å²) in [7, 11) is 1.61. The van der Waals surface area contributed by atoms with Crippen LogP contribution in [-0.2, 0) is 13.0 Å². The first kappa shape index (κ1) is 25.1. The van der Waals surface area contributed by atoms with Gasteiger partial charge in [-0.2, -0.15) is 0 Å². The summed E-state index contributed by atoms with van der Waals surface area (Å²) in [5, 5.41) is 10.2. The minimum absolute atomic E-state index is 0.218. The highest BCUT2D eigenvalue weighted by Crippen LogP contribution is 2.36. The van der Waals surface area contributed by atoms with Crippen molar-refractivity contribution in [1.82, 2.24) is 4.98 Å². The molecule has 0 radical (unpaired) electrons. The van der Waals surface area contributed by atoms with Gasteiger partial charge in [-0.05, 0) is 72.5 Å². The second-order valence-corrected chi connectivity index (χ2v) is 8.65. The molecule has 6 nitrogen and oxygen atoms in total. The van der Waals surface area contributed by atoms with Crippen molar-refractivity contribution in [2.45, 2.75) is 19.4 Å². The number of methoxy groups -OCH3 is 1. The van der Waals surface area contributed by atoms with E-state index >= 15 is 0 Å². The molecule has 4 rings (SSSR count). The second-order valence-electron chi connectivity index (χ2n) is 8.22. The van der Waals surface area contributed by atoms with E-state index in [0.29, 0.717) is 24.7 Å². The summed E-state index contributed by atoms with van der Waals surface area (Å²) in [5.74, 6) is 0.278. The Morgan fingerprint density at radius 3 is 2.47 bits per heavy atom. The van der Waals surface area contributed by atoms with E-state index in [1.807, 2.05) is 65.6 Å². The van der Waals surface area contributed by atoms with E-state index in [-0.39, 0.29) is 5.56 Å². The fourth-order valence-corrected chi connectivity index (χ4v) is 3.99. The van der Waals surface area contributed by atoms with Crippen molar-refractivity contribution in [2.75, 3.05) is 18.6 Å². The third-order valence-corrected chi connectivity index (χ3v) is 5.96. The van der Waals surface area contributed by atoms with Crippen molar-refractivity contribution in [3.63, 3.8) is 0 Å². The molecule has 1 heterocycles. The van der Waals surface area contributed by atoms with Gasteiger partial charge >= 0.3 is 5.97 Å². The zero-order valence-corrected chi connectivity index (χ0v) is 20.7. The third kappa shape index (κ3) is 6.55. The highest BCUT2D eigenvalue weighted by Gasteiger charge is 2.16. The largest absolute Gasteiger partial charge is 0.493 e. The quantitative estimate of drug-likeness (QED) is 0.228. The number of aromatic nitrogens is 1. The lowest BCUT2D eigenvalue weighted by Crippen LogP contribution is -2.17. The molecule has 7 heteroatoms. The molecule has 184 valence electrons. The van der Waals surface area contributed by atoms with Gasteiger partial charge in [0.2, 0.25) is 0 Å². The smallest absolute Gasteiger partial charge is 0.335 e. The number of ether oxygens (including phenoxy) is 2. The molecule has 0 atom stereocenters. The predicted molar refractivity (Wildman–Crippen MR) is 142 cm³/mol. The van der Waals surface area contributed by atoms with Crippen molar-refractivity contribution in [3.8, 4) is 11.5 Å². The van der Waals surface area contributed by atoms with E-state index in [4.69, 9.17) is 21.1 Å². The van der Waals surface area contributed by atoms with Crippen LogP contribution in [0.25, 0.3) is 0 Å². The number of benzene rings is 3. The van der Waals surface area contributed by atoms with Crippen LogP contribution in [0.4, 0.5) is 11.4 Å². The molecule has 0 amide bonds. The van der Waals surface area contributed by atoms with Crippen molar-refractivity contribution >= 4 is 28.9 Å². The van der Waals surface area contributed by atoms with E-state index in [9.17, 15) is 9.90 Å². The molecule has 0 bridgehead atoms. The summed E-state index contributed by atoms with van der Waals surface area (Å²) in [6.45, 7) is 1.01. The summed E-state index contributed by atoms with van der Waals surface area (Å²) in [6.07, 6.45) is 5.22. The maximum absolute atomic E-state index is 11.6. The normalized spacial score (nSPS) is 10.6. The minimum atomic E-state index is -0.974. The Bertz CT molecular complexity index is 1300. The first-order valence-electron chi connectivity index (χ1n) is 11.6. The average Bonchev–Trinajstić information content (AvgIpc) is 2.91. The van der Waals surface area contributed by atoms with Gasteiger partial charge < -0.3 is 19.5 Å². The van der Waals surface area contributed by atoms with E-state index in [1.165, 1.54) is 5.56 Å². The van der Waals surface area contributed by atoms with Crippen LogP contribution in [-0.4, -0.2) is 29.8 Å². The number of pyridine rings is 1. The molecule has 4 aromatic rings. The summed E-state index contributed by atoms with van der Waals surface area (Å²) < 4.78 is 11.7. The number of anilines is 2. The molecular weight excluding hydrogens is 476 g/mol. The maximum atomic E-state index is 11.6. The number of carboxylic acid groups (broad SMARTS) is 1. The predicted octanol–water partition coefficient (Wildman–Crippen LogP) is 6.79. The van der Waals surface area contributed by atoms with Crippen LogP contribution in [0.5, 0.6) is 11.5 Å². The van der Waals surface area contributed by atoms with Crippen molar-refractivity contribution < 1.29 is 19.4 Å². The molecule has 0 aliphatic heterocycles. The van der Waals surface area contributed by atoms with E-state index < -0.39 is 5.97 Å². The van der Waals surface area contributed by atoms with Gasteiger partial charge in [0, 0.05) is 41.4 Å². The second kappa shape index (κ2) is 12.1. The van der Waals surface area contributed by atoms with Gasteiger partial charge in [-0.3, -0.25) is 4.98 Å². The minimum Gasteiger partial charge on any atom is -0.493 e. The van der Waals surface area contributed by atoms with Gasteiger partial charge in [-0.1, -0.05) is 35.9 Å².